The van der Waals surface area contributed by atoms with Gasteiger partial charge in [-0.3, -0.25) is 5.41 Å². The highest BCUT2D eigenvalue weighted by Gasteiger charge is 2.04. The lowest BCUT2D eigenvalue weighted by Crippen LogP contribution is -2.02. The summed E-state index contributed by atoms with van der Waals surface area (Å²) in [6.07, 6.45) is 2.34. The highest BCUT2D eigenvalue weighted by molar-refractivity contribution is 8.13. The molecule has 0 saturated carbocycles. The molecule has 0 heterocycles. The van der Waals surface area contributed by atoms with Crippen LogP contribution in [0.1, 0.15) is 12.0 Å². The van der Waals surface area contributed by atoms with E-state index in [1.807, 2.05) is 6.26 Å². The van der Waals surface area contributed by atoms with E-state index in [1.54, 1.807) is 24.3 Å². The highest BCUT2D eigenvalue weighted by atomic mass is 32.2. The van der Waals surface area contributed by atoms with E-state index in [9.17, 15) is 0 Å². The monoisotopic (exact) mass is 250 g/mol. The number of azide groups is 1. The number of hydrogen-bond donors (Lipinski definition) is 1. The fourth-order valence-electron chi connectivity index (χ4n) is 1.09. The molecule has 0 atom stereocenters. The van der Waals surface area contributed by atoms with Crippen molar-refractivity contribution in [2.45, 2.75) is 6.42 Å². The van der Waals surface area contributed by atoms with Crippen LogP contribution in [0.3, 0.4) is 0 Å². The van der Waals surface area contributed by atoms with E-state index < -0.39 is 0 Å². The summed E-state index contributed by atoms with van der Waals surface area (Å²) in [6, 6.07) is 7.04. The Kier molecular flexibility index (Phi) is 4.98. The van der Waals surface area contributed by atoms with Gasteiger partial charge in [0.05, 0.1) is 5.04 Å². The molecule has 1 N–H and O–H groups in total. The molecule has 4 nitrogen and oxygen atoms in total. The van der Waals surface area contributed by atoms with Gasteiger partial charge in [0.2, 0.25) is 0 Å². The second-order valence-corrected chi connectivity index (χ2v) is 4.36. The maximum Gasteiger partial charge on any atom is 0.0691 e. The molecule has 0 aliphatic rings. The summed E-state index contributed by atoms with van der Waals surface area (Å²) in [7, 11) is 0. The Morgan fingerprint density at radius 2 is 2.12 bits per heavy atom. The van der Waals surface area contributed by atoms with Crippen LogP contribution in [0.5, 0.6) is 0 Å². The van der Waals surface area contributed by atoms with E-state index >= 15 is 0 Å². The van der Waals surface area contributed by atoms with Gasteiger partial charge in [-0.25, -0.2) is 0 Å². The Hall–Kier alpha value is -1.36. The van der Waals surface area contributed by atoms with Gasteiger partial charge in [-0.2, -0.15) is 0 Å². The van der Waals surface area contributed by atoms with Crippen molar-refractivity contribution >= 4 is 39.6 Å². The minimum atomic E-state index is 0.483. The topological polar surface area (TPSA) is 72.6 Å². The molecule has 0 aliphatic carbocycles. The van der Waals surface area contributed by atoms with Crippen LogP contribution in [0, 0.1) is 5.41 Å². The van der Waals surface area contributed by atoms with E-state index in [2.05, 4.69) is 10.0 Å². The first-order valence-corrected chi connectivity index (χ1v) is 6.10. The molecule has 0 radical (unpaired) electrons. The van der Waals surface area contributed by atoms with Gasteiger partial charge in [0.15, 0.2) is 0 Å². The molecule has 16 heavy (non-hydrogen) atoms. The Labute approximate surface area is 103 Å². The molecular formula is C10H10N4S2. The molecule has 0 fully saturated rings. The summed E-state index contributed by atoms with van der Waals surface area (Å²) in [5, 5.41) is 11.6. The molecule has 1 aromatic rings. The zero-order chi connectivity index (χ0) is 12.0. The van der Waals surface area contributed by atoms with Gasteiger partial charge < -0.3 is 0 Å². The van der Waals surface area contributed by atoms with Crippen molar-refractivity contribution in [1.82, 2.24) is 0 Å². The maximum absolute atomic E-state index is 8.25. The lowest BCUT2D eigenvalue weighted by atomic mass is 10.1. The minimum Gasteiger partial charge on any atom is -0.298 e. The highest BCUT2D eigenvalue weighted by Crippen LogP contribution is 2.16. The number of nitrogens with zero attached hydrogens (tertiary/aromatic N) is 3. The second kappa shape index (κ2) is 6.27. The van der Waals surface area contributed by atoms with Crippen LogP contribution < -0.4 is 0 Å². The van der Waals surface area contributed by atoms with Crippen LogP contribution >= 0.6 is 24.0 Å². The van der Waals surface area contributed by atoms with Crippen LogP contribution in [0.2, 0.25) is 0 Å². The molecule has 0 saturated heterocycles. The Morgan fingerprint density at radius 3 is 2.62 bits per heavy atom. The first-order chi connectivity index (χ1) is 7.67. The SMILES string of the molecule is CSC(=N)CC(=S)c1ccc(N=[N+]=[N-])cc1. The molecule has 0 unspecified atom stereocenters. The molecule has 0 amide bonds. The van der Waals surface area contributed by atoms with Gasteiger partial charge >= 0.3 is 0 Å². The largest absolute Gasteiger partial charge is 0.298 e. The van der Waals surface area contributed by atoms with Crippen LogP contribution in [0.15, 0.2) is 29.4 Å². The number of rotatable bonds is 4. The molecular weight excluding hydrogens is 240 g/mol. The lowest BCUT2D eigenvalue weighted by molar-refractivity contribution is 1.45. The smallest absolute Gasteiger partial charge is 0.0691 e. The van der Waals surface area contributed by atoms with Crippen molar-refractivity contribution in [1.29, 1.82) is 5.41 Å². The van der Waals surface area contributed by atoms with E-state index in [-0.39, 0.29) is 0 Å². The van der Waals surface area contributed by atoms with Gasteiger partial charge in [-0.1, -0.05) is 41.6 Å². The summed E-state index contributed by atoms with van der Waals surface area (Å²) in [5.74, 6) is 0. The molecule has 1 aromatic carbocycles. The van der Waals surface area contributed by atoms with Crippen LogP contribution in [-0.4, -0.2) is 16.2 Å². The third-order valence-corrected chi connectivity index (χ3v) is 2.93. The molecule has 0 spiro atoms. The number of benzene rings is 1. The average molecular weight is 250 g/mol. The third kappa shape index (κ3) is 3.66. The molecule has 6 heteroatoms. The van der Waals surface area contributed by atoms with Crippen LogP contribution in [0.4, 0.5) is 5.69 Å². The number of hydrogen-bond acceptors (Lipinski definition) is 4. The van der Waals surface area contributed by atoms with Crippen LogP contribution in [-0.2, 0) is 0 Å². The molecule has 0 aliphatic heterocycles. The summed E-state index contributed by atoms with van der Waals surface area (Å²) in [4.78, 5) is 3.43. The van der Waals surface area contributed by atoms with Gasteiger partial charge in [-0.15, -0.1) is 11.8 Å². The van der Waals surface area contributed by atoms with E-state index in [0.29, 0.717) is 17.2 Å². The van der Waals surface area contributed by atoms with Crippen LogP contribution in [0.25, 0.3) is 10.4 Å². The van der Waals surface area contributed by atoms with Gasteiger partial charge in [0.25, 0.3) is 0 Å². The summed E-state index contributed by atoms with van der Waals surface area (Å²) >= 11 is 6.60. The standard InChI is InChI=1S/C10H10N4S2/c1-16-10(11)6-9(15)7-2-4-8(5-3-7)13-14-12/h2-5,11H,6H2,1H3. The first kappa shape index (κ1) is 12.7. The Morgan fingerprint density at radius 1 is 1.50 bits per heavy atom. The van der Waals surface area contributed by atoms with Crippen molar-refractivity contribution in [3.63, 3.8) is 0 Å². The Balaban J connectivity index is 2.77. The zero-order valence-electron chi connectivity index (χ0n) is 8.67. The minimum absolute atomic E-state index is 0.483. The third-order valence-electron chi connectivity index (χ3n) is 1.92. The maximum atomic E-state index is 8.25. The zero-order valence-corrected chi connectivity index (χ0v) is 10.3. The van der Waals surface area contributed by atoms with Crippen molar-refractivity contribution < 1.29 is 0 Å². The quantitative estimate of drug-likeness (QED) is 0.166. The number of nitrogens with one attached hydrogen (secondary N) is 1. The molecule has 1 rings (SSSR count). The fourth-order valence-corrected chi connectivity index (χ4v) is 1.75. The molecule has 82 valence electrons. The van der Waals surface area contributed by atoms with Gasteiger partial charge in [0.1, 0.15) is 0 Å². The second-order valence-electron chi connectivity index (χ2n) is 2.96. The molecule has 0 bridgehead atoms. The summed E-state index contributed by atoms with van der Waals surface area (Å²) < 4.78 is 0. The summed E-state index contributed by atoms with van der Waals surface area (Å²) in [5.41, 5.74) is 9.71. The van der Waals surface area contributed by atoms with Crippen molar-refractivity contribution in [3.05, 3.63) is 40.3 Å². The van der Waals surface area contributed by atoms with E-state index in [1.165, 1.54) is 11.8 Å². The summed E-state index contributed by atoms with van der Waals surface area (Å²) in [6.45, 7) is 0. The van der Waals surface area contributed by atoms with Crippen molar-refractivity contribution in [3.8, 4) is 0 Å². The molecule has 0 aromatic heterocycles. The van der Waals surface area contributed by atoms with E-state index in [4.69, 9.17) is 23.2 Å². The fraction of sp³-hybridized carbons (Fsp3) is 0.200. The average Bonchev–Trinajstić information content (AvgIpc) is 2.30. The number of thiocarbonyl (C=S) groups is 1. The Bertz CT molecular complexity index is 446. The normalized spacial score (nSPS) is 9.31. The predicted octanol–water partition coefficient (Wildman–Crippen LogP) is 4.08. The predicted molar refractivity (Wildman–Crippen MR) is 72.8 cm³/mol. The van der Waals surface area contributed by atoms with Crippen molar-refractivity contribution in [2.75, 3.05) is 6.26 Å². The van der Waals surface area contributed by atoms with Gasteiger partial charge in [-0.05, 0) is 17.4 Å². The number of thioether (sulfide) groups is 1. The van der Waals surface area contributed by atoms with Gasteiger partial charge in [0, 0.05) is 21.9 Å². The van der Waals surface area contributed by atoms with Crippen molar-refractivity contribution in [2.24, 2.45) is 5.11 Å². The van der Waals surface area contributed by atoms with E-state index in [0.717, 1.165) is 10.4 Å². The lowest BCUT2D eigenvalue weighted by Gasteiger charge is -2.03. The first-order valence-electron chi connectivity index (χ1n) is 4.47.